The Kier molecular flexibility index (Phi) is 4.74. The van der Waals surface area contributed by atoms with Crippen molar-refractivity contribution in [3.63, 3.8) is 0 Å². The van der Waals surface area contributed by atoms with E-state index in [1.54, 1.807) is 17.5 Å². The Hall–Kier alpha value is -1.44. The Labute approximate surface area is 121 Å². The molecular weight excluding hydrogens is 299 g/mol. The maximum Gasteiger partial charge on any atom is 0.271 e. The average molecular weight is 314 g/mol. The molecule has 20 heavy (non-hydrogen) atoms. The number of halogens is 1. The van der Waals surface area contributed by atoms with E-state index in [4.69, 9.17) is 0 Å². The van der Waals surface area contributed by atoms with Gasteiger partial charge in [0.05, 0.1) is 5.69 Å². The maximum atomic E-state index is 13.5. The molecule has 2 aromatic rings. The van der Waals surface area contributed by atoms with E-state index in [1.807, 2.05) is 6.92 Å². The van der Waals surface area contributed by atoms with Gasteiger partial charge in [0.1, 0.15) is 10.0 Å². The lowest BCUT2D eigenvalue weighted by Gasteiger charge is -2.06. The van der Waals surface area contributed by atoms with Crippen LogP contribution in [0, 0.1) is 5.82 Å². The molecule has 1 heterocycles. The predicted molar refractivity (Wildman–Crippen MR) is 78.9 cm³/mol. The van der Waals surface area contributed by atoms with Crippen LogP contribution < -0.4 is 10.0 Å². The zero-order chi connectivity index (χ0) is 14.6. The van der Waals surface area contributed by atoms with Crippen molar-refractivity contribution >= 4 is 27.0 Å². The van der Waals surface area contributed by atoms with Crippen molar-refractivity contribution in [2.45, 2.75) is 17.7 Å². The standard InChI is InChI=1S/C13H15FN2O2S2/c1-2-15-8-10-7-13(19-9-10)20(17,18)16-12-6-4-3-5-11(12)14/h3-7,9,15-16H,2,8H2,1H3. The average Bonchev–Trinajstić information content (AvgIpc) is 2.88. The van der Waals surface area contributed by atoms with Crippen molar-refractivity contribution in [1.82, 2.24) is 5.32 Å². The highest BCUT2D eigenvalue weighted by Crippen LogP contribution is 2.24. The summed E-state index contributed by atoms with van der Waals surface area (Å²) in [4.78, 5) is 0. The van der Waals surface area contributed by atoms with Crippen LogP contribution in [-0.2, 0) is 16.6 Å². The van der Waals surface area contributed by atoms with Crippen molar-refractivity contribution in [2.75, 3.05) is 11.3 Å². The largest absolute Gasteiger partial charge is 0.313 e. The molecule has 1 aromatic carbocycles. The predicted octanol–water partition coefficient (Wildman–Crippen LogP) is 2.80. The second-order valence-electron chi connectivity index (χ2n) is 4.14. The van der Waals surface area contributed by atoms with E-state index in [9.17, 15) is 12.8 Å². The molecule has 0 fully saturated rings. The van der Waals surface area contributed by atoms with Gasteiger partial charge in [0, 0.05) is 6.54 Å². The van der Waals surface area contributed by atoms with Crippen LogP contribution in [-0.4, -0.2) is 15.0 Å². The summed E-state index contributed by atoms with van der Waals surface area (Å²) in [6, 6.07) is 7.28. The molecule has 0 spiro atoms. The Morgan fingerprint density at radius 1 is 1.30 bits per heavy atom. The molecule has 0 aliphatic carbocycles. The fourth-order valence-corrected chi connectivity index (χ4v) is 3.87. The van der Waals surface area contributed by atoms with Gasteiger partial charge in [0.25, 0.3) is 10.0 Å². The van der Waals surface area contributed by atoms with Crippen LogP contribution in [0.25, 0.3) is 0 Å². The third-order valence-corrected chi connectivity index (χ3v) is 5.45. The Balaban J connectivity index is 2.18. The van der Waals surface area contributed by atoms with Crippen LogP contribution in [0.2, 0.25) is 0 Å². The highest BCUT2D eigenvalue weighted by atomic mass is 32.2. The van der Waals surface area contributed by atoms with Gasteiger partial charge in [-0.15, -0.1) is 11.3 Å². The van der Waals surface area contributed by atoms with Crippen molar-refractivity contribution < 1.29 is 12.8 Å². The molecule has 7 heteroatoms. The number of para-hydroxylation sites is 1. The first-order valence-electron chi connectivity index (χ1n) is 6.08. The summed E-state index contributed by atoms with van der Waals surface area (Å²) in [5, 5.41) is 4.90. The summed E-state index contributed by atoms with van der Waals surface area (Å²) in [7, 11) is -3.74. The minimum atomic E-state index is -3.74. The van der Waals surface area contributed by atoms with Gasteiger partial charge >= 0.3 is 0 Å². The summed E-state index contributed by atoms with van der Waals surface area (Å²) < 4.78 is 40.2. The Morgan fingerprint density at radius 3 is 2.75 bits per heavy atom. The van der Waals surface area contributed by atoms with Crippen LogP contribution in [0.1, 0.15) is 12.5 Å². The van der Waals surface area contributed by atoms with Gasteiger partial charge in [-0.2, -0.15) is 0 Å². The van der Waals surface area contributed by atoms with Crippen LogP contribution in [0.15, 0.2) is 39.9 Å². The summed E-state index contributed by atoms with van der Waals surface area (Å²) in [5.41, 5.74) is 0.847. The van der Waals surface area contributed by atoms with E-state index in [2.05, 4.69) is 10.0 Å². The highest BCUT2D eigenvalue weighted by molar-refractivity contribution is 7.94. The lowest BCUT2D eigenvalue weighted by molar-refractivity contribution is 0.600. The highest BCUT2D eigenvalue weighted by Gasteiger charge is 2.18. The topological polar surface area (TPSA) is 58.2 Å². The number of nitrogens with one attached hydrogen (secondary N) is 2. The van der Waals surface area contributed by atoms with Gasteiger partial charge in [0.15, 0.2) is 0 Å². The Morgan fingerprint density at radius 2 is 2.05 bits per heavy atom. The number of benzene rings is 1. The Bertz CT molecular complexity index is 683. The molecule has 2 N–H and O–H groups in total. The molecule has 0 atom stereocenters. The van der Waals surface area contributed by atoms with E-state index in [1.165, 1.54) is 18.2 Å². The molecule has 0 unspecified atom stereocenters. The molecule has 0 amide bonds. The lowest BCUT2D eigenvalue weighted by Crippen LogP contribution is -2.13. The van der Waals surface area contributed by atoms with Crippen LogP contribution >= 0.6 is 11.3 Å². The molecular formula is C13H15FN2O2S2. The van der Waals surface area contributed by atoms with Gasteiger partial charge in [-0.3, -0.25) is 4.72 Å². The fraction of sp³-hybridized carbons (Fsp3) is 0.231. The number of rotatable bonds is 6. The van der Waals surface area contributed by atoms with Crippen molar-refractivity contribution in [3.05, 3.63) is 47.1 Å². The summed E-state index contributed by atoms with van der Waals surface area (Å²) >= 11 is 1.12. The number of anilines is 1. The molecule has 0 radical (unpaired) electrons. The molecule has 0 saturated carbocycles. The minimum absolute atomic E-state index is 0.0471. The van der Waals surface area contributed by atoms with Gasteiger partial charge < -0.3 is 5.32 Å². The number of hydrogen-bond acceptors (Lipinski definition) is 4. The van der Waals surface area contributed by atoms with Crippen LogP contribution in [0.4, 0.5) is 10.1 Å². The van der Waals surface area contributed by atoms with E-state index < -0.39 is 15.8 Å². The smallest absolute Gasteiger partial charge is 0.271 e. The first-order chi connectivity index (χ1) is 9.53. The summed E-state index contributed by atoms with van der Waals surface area (Å²) in [6.45, 7) is 3.40. The quantitative estimate of drug-likeness (QED) is 0.862. The molecule has 1 aromatic heterocycles. The normalized spacial score (nSPS) is 11.5. The molecule has 108 valence electrons. The van der Waals surface area contributed by atoms with Gasteiger partial charge in [-0.1, -0.05) is 19.1 Å². The monoisotopic (exact) mass is 314 g/mol. The SMILES string of the molecule is CCNCc1csc(S(=O)(=O)Nc2ccccc2F)c1. The third kappa shape index (κ3) is 3.56. The molecule has 0 aliphatic heterocycles. The number of thiophene rings is 1. The van der Waals surface area contributed by atoms with E-state index in [0.29, 0.717) is 6.54 Å². The minimum Gasteiger partial charge on any atom is -0.313 e. The van der Waals surface area contributed by atoms with Gasteiger partial charge in [-0.05, 0) is 35.7 Å². The molecule has 0 aliphatic rings. The van der Waals surface area contributed by atoms with Gasteiger partial charge in [-0.25, -0.2) is 12.8 Å². The molecule has 0 saturated heterocycles. The maximum absolute atomic E-state index is 13.5. The van der Waals surface area contributed by atoms with Crippen LogP contribution in [0.5, 0.6) is 0 Å². The van der Waals surface area contributed by atoms with E-state index in [-0.39, 0.29) is 9.90 Å². The lowest BCUT2D eigenvalue weighted by atomic mass is 10.3. The second kappa shape index (κ2) is 6.34. The summed E-state index contributed by atoms with van der Waals surface area (Å²) in [6.07, 6.45) is 0. The van der Waals surface area contributed by atoms with Crippen LogP contribution in [0.3, 0.4) is 0 Å². The van der Waals surface area contributed by atoms with Crippen molar-refractivity contribution in [3.8, 4) is 0 Å². The zero-order valence-corrected chi connectivity index (χ0v) is 12.5. The third-order valence-electron chi connectivity index (χ3n) is 2.59. The molecule has 0 bridgehead atoms. The number of sulfonamides is 1. The first kappa shape index (κ1) is 15.0. The van der Waals surface area contributed by atoms with E-state index in [0.717, 1.165) is 23.4 Å². The summed E-state index contributed by atoms with van der Waals surface area (Å²) in [5.74, 6) is -0.597. The van der Waals surface area contributed by atoms with E-state index >= 15 is 0 Å². The second-order valence-corrected chi connectivity index (χ2v) is 6.96. The first-order valence-corrected chi connectivity index (χ1v) is 8.44. The number of hydrogen-bond donors (Lipinski definition) is 2. The zero-order valence-electron chi connectivity index (χ0n) is 10.9. The fourth-order valence-electron chi connectivity index (χ4n) is 1.60. The van der Waals surface area contributed by atoms with Crippen molar-refractivity contribution in [2.24, 2.45) is 0 Å². The molecule has 4 nitrogen and oxygen atoms in total. The van der Waals surface area contributed by atoms with Crippen molar-refractivity contribution in [1.29, 1.82) is 0 Å². The van der Waals surface area contributed by atoms with Gasteiger partial charge in [0.2, 0.25) is 0 Å². The molecule has 2 rings (SSSR count).